The Kier molecular flexibility index (Phi) is 3.76. The highest BCUT2D eigenvalue weighted by Crippen LogP contribution is 2.37. The van der Waals surface area contributed by atoms with Crippen molar-refractivity contribution in [3.8, 4) is 0 Å². The maximum Gasteiger partial charge on any atom is 0.293 e. The van der Waals surface area contributed by atoms with Crippen LogP contribution in [-0.4, -0.2) is 39.1 Å². The monoisotopic (exact) mass is 276 g/mol. The molecule has 0 aromatic carbocycles. The third-order valence-electron chi connectivity index (χ3n) is 4.66. The average molecular weight is 276 g/mol. The molecule has 1 aromatic rings. The van der Waals surface area contributed by atoms with E-state index < -0.39 is 0 Å². The Morgan fingerprint density at radius 3 is 2.75 bits per heavy atom. The first-order valence-corrected chi connectivity index (χ1v) is 7.86. The van der Waals surface area contributed by atoms with Crippen molar-refractivity contribution in [1.82, 2.24) is 20.1 Å². The maximum absolute atomic E-state index is 12.5. The van der Waals surface area contributed by atoms with E-state index in [1.807, 2.05) is 4.90 Å². The Morgan fingerprint density at radius 1 is 1.25 bits per heavy atom. The van der Waals surface area contributed by atoms with Crippen molar-refractivity contribution < 1.29 is 4.79 Å². The highest BCUT2D eigenvalue weighted by atomic mass is 16.2. The van der Waals surface area contributed by atoms with E-state index >= 15 is 0 Å². The summed E-state index contributed by atoms with van der Waals surface area (Å²) in [5.41, 5.74) is 0. The van der Waals surface area contributed by atoms with Gasteiger partial charge in [0, 0.05) is 19.0 Å². The molecule has 2 aliphatic rings. The van der Waals surface area contributed by atoms with E-state index in [-0.39, 0.29) is 5.91 Å². The normalized spacial score (nSPS) is 23.9. The summed E-state index contributed by atoms with van der Waals surface area (Å²) in [5.74, 6) is 3.20. The zero-order chi connectivity index (χ0) is 14.1. The number of hydrogen-bond donors (Lipinski definition) is 1. The summed E-state index contributed by atoms with van der Waals surface area (Å²) < 4.78 is 0. The van der Waals surface area contributed by atoms with Gasteiger partial charge in [-0.25, -0.2) is 4.98 Å². The Hall–Kier alpha value is -1.39. The van der Waals surface area contributed by atoms with Crippen LogP contribution >= 0.6 is 0 Å². The van der Waals surface area contributed by atoms with E-state index in [1.54, 1.807) is 0 Å². The molecule has 5 nitrogen and oxygen atoms in total. The molecule has 110 valence electrons. The highest BCUT2D eigenvalue weighted by Gasteiger charge is 2.30. The summed E-state index contributed by atoms with van der Waals surface area (Å²) in [6, 6.07) is 0. The van der Waals surface area contributed by atoms with E-state index in [0.29, 0.717) is 17.7 Å². The third kappa shape index (κ3) is 2.86. The van der Waals surface area contributed by atoms with Crippen LogP contribution in [-0.2, 0) is 0 Å². The fourth-order valence-electron chi connectivity index (χ4n) is 3.04. The van der Waals surface area contributed by atoms with Gasteiger partial charge in [-0.05, 0) is 43.9 Å². The van der Waals surface area contributed by atoms with E-state index in [9.17, 15) is 4.79 Å². The van der Waals surface area contributed by atoms with Gasteiger partial charge in [-0.15, -0.1) is 5.10 Å². The molecule has 1 atom stereocenters. The smallest absolute Gasteiger partial charge is 0.293 e. The molecule has 1 N–H and O–H groups in total. The predicted octanol–water partition coefficient (Wildman–Crippen LogP) is 2.58. The fraction of sp³-hybridized carbons (Fsp3) is 0.800. The number of H-pyrrole nitrogens is 1. The second kappa shape index (κ2) is 5.54. The first-order chi connectivity index (χ1) is 9.65. The van der Waals surface area contributed by atoms with Crippen molar-refractivity contribution >= 4 is 5.91 Å². The van der Waals surface area contributed by atoms with Gasteiger partial charge in [0.15, 0.2) is 0 Å². The van der Waals surface area contributed by atoms with E-state index in [2.05, 4.69) is 29.0 Å². The largest absolute Gasteiger partial charge is 0.336 e. The number of carbonyl (C=O) groups is 1. The fourth-order valence-corrected chi connectivity index (χ4v) is 3.04. The average Bonchev–Trinajstić information content (AvgIpc) is 3.21. The van der Waals surface area contributed by atoms with Gasteiger partial charge in [0.1, 0.15) is 5.82 Å². The molecule has 1 aromatic heterocycles. The molecule has 3 rings (SSSR count). The lowest BCUT2D eigenvalue weighted by Crippen LogP contribution is -2.33. The van der Waals surface area contributed by atoms with Crippen molar-refractivity contribution in [2.75, 3.05) is 13.1 Å². The summed E-state index contributed by atoms with van der Waals surface area (Å²) in [4.78, 5) is 18.8. The Labute approximate surface area is 120 Å². The minimum absolute atomic E-state index is 0.00226. The molecule has 1 aliphatic heterocycles. The molecule has 2 fully saturated rings. The molecule has 1 aliphatic carbocycles. The van der Waals surface area contributed by atoms with Crippen LogP contribution in [0.4, 0.5) is 0 Å². The molecular weight excluding hydrogens is 252 g/mol. The van der Waals surface area contributed by atoms with Crippen molar-refractivity contribution in [3.05, 3.63) is 11.6 Å². The molecule has 1 unspecified atom stereocenters. The molecule has 0 spiro atoms. The molecule has 20 heavy (non-hydrogen) atoms. The summed E-state index contributed by atoms with van der Waals surface area (Å²) in [6.07, 6.45) is 5.76. The number of carbonyl (C=O) groups excluding carboxylic acids is 1. The number of aromatic nitrogens is 3. The summed E-state index contributed by atoms with van der Waals surface area (Å²) >= 11 is 0. The Bertz CT molecular complexity index is 478. The number of rotatable bonds is 3. The van der Waals surface area contributed by atoms with Gasteiger partial charge in [-0.3, -0.25) is 9.89 Å². The van der Waals surface area contributed by atoms with Crippen molar-refractivity contribution in [2.45, 2.75) is 51.9 Å². The summed E-state index contributed by atoms with van der Waals surface area (Å²) in [6.45, 7) is 6.24. The number of nitrogens with zero attached hydrogens (tertiary/aromatic N) is 3. The second-order valence-corrected chi connectivity index (χ2v) is 6.55. The minimum atomic E-state index is -0.00226. The van der Waals surface area contributed by atoms with Gasteiger partial charge in [-0.2, -0.15) is 0 Å². The number of aromatic amines is 1. The van der Waals surface area contributed by atoms with Gasteiger partial charge in [0.2, 0.25) is 5.82 Å². The van der Waals surface area contributed by atoms with Crippen molar-refractivity contribution in [2.24, 2.45) is 11.8 Å². The lowest BCUT2D eigenvalue weighted by molar-refractivity contribution is 0.0747. The number of nitrogens with one attached hydrogen (secondary N) is 1. The van der Waals surface area contributed by atoms with E-state index in [0.717, 1.165) is 37.7 Å². The zero-order valence-corrected chi connectivity index (χ0v) is 12.4. The van der Waals surface area contributed by atoms with Crippen LogP contribution in [0.3, 0.4) is 0 Å². The van der Waals surface area contributed by atoms with Gasteiger partial charge in [0.05, 0.1) is 0 Å². The van der Waals surface area contributed by atoms with Crippen LogP contribution in [0.5, 0.6) is 0 Å². The maximum atomic E-state index is 12.5. The minimum Gasteiger partial charge on any atom is -0.336 e. The molecule has 5 heteroatoms. The van der Waals surface area contributed by atoms with Gasteiger partial charge >= 0.3 is 0 Å². The quantitative estimate of drug-likeness (QED) is 0.923. The van der Waals surface area contributed by atoms with Crippen LogP contribution in [0.2, 0.25) is 0 Å². The first kappa shape index (κ1) is 13.6. The highest BCUT2D eigenvalue weighted by molar-refractivity contribution is 5.90. The molecular formula is C15H24N4O. The standard InChI is InChI=1S/C15H24N4O/c1-10(2)11-4-3-8-19(9-7-11)15(20)14-16-13(17-18-14)12-5-6-12/h10-12H,3-9H2,1-2H3,(H,16,17,18). The van der Waals surface area contributed by atoms with Crippen LogP contribution in [0.1, 0.15) is 68.3 Å². The van der Waals surface area contributed by atoms with Crippen LogP contribution in [0.25, 0.3) is 0 Å². The van der Waals surface area contributed by atoms with Crippen molar-refractivity contribution in [1.29, 1.82) is 0 Å². The Balaban J connectivity index is 1.63. The SMILES string of the molecule is CC(C)C1CCCN(C(=O)c2n[nH]c(C3CC3)n2)CC1. The predicted molar refractivity (Wildman–Crippen MR) is 76.4 cm³/mol. The number of hydrogen-bond acceptors (Lipinski definition) is 3. The van der Waals surface area contributed by atoms with Crippen LogP contribution in [0, 0.1) is 11.8 Å². The van der Waals surface area contributed by atoms with E-state index in [1.165, 1.54) is 19.3 Å². The van der Waals surface area contributed by atoms with Crippen LogP contribution < -0.4 is 0 Å². The lowest BCUT2D eigenvalue weighted by atomic mass is 9.89. The van der Waals surface area contributed by atoms with Gasteiger partial charge in [-0.1, -0.05) is 13.8 Å². The van der Waals surface area contributed by atoms with Crippen molar-refractivity contribution in [3.63, 3.8) is 0 Å². The Morgan fingerprint density at radius 2 is 2.05 bits per heavy atom. The van der Waals surface area contributed by atoms with Crippen LogP contribution in [0.15, 0.2) is 0 Å². The zero-order valence-electron chi connectivity index (χ0n) is 12.4. The summed E-state index contributed by atoms with van der Waals surface area (Å²) in [5, 5.41) is 7.03. The molecule has 1 amide bonds. The number of likely N-dealkylation sites (tertiary alicyclic amines) is 1. The molecule has 1 saturated carbocycles. The molecule has 2 heterocycles. The van der Waals surface area contributed by atoms with E-state index in [4.69, 9.17) is 0 Å². The second-order valence-electron chi connectivity index (χ2n) is 6.55. The first-order valence-electron chi connectivity index (χ1n) is 7.86. The van der Waals surface area contributed by atoms with Gasteiger partial charge in [0.25, 0.3) is 5.91 Å². The number of amides is 1. The lowest BCUT2D eigenvalue weighted by Gasteiger charge is -2.20. The molecule has 0 radical (unpaired) electrons. The third-order valence-corrected chi connectivity index (χ3v) is 4.66. The molecule has 0 bridgehead atoms. The summed E-state index contributed by atoms with van der Waals surface area (Å²) in [7, 11) is 0. The molecule has 1 saturated heterocycles. The van der Waals surface area contributed by atoms with Gasteiger partial charge < -0.3 is 4.90 Å². The topological polar surface area (TPSA) is 61.9 Å².